The van der Waals surface area contributed by atoms with Gasteiger partial charge in [0.1, 0.15) is 6.04 Å². The molecule has 4 heteroatoms. The van der Waals surface area contributed by atoms with Crippen LogP contribution >= 0.6 is 0 Å². The summed E-state index contributed by atoms with van der Waals surface area (Å²) >= 11 is 0. The van der Waals surface area contributed by atoms with Gasteiger partial charge in [-0.1, -0.05) is 46.5 Å². The van der Waals surface area contributed by atoms with Crippen LogP contribution in [0.15, 0.2) is 0 Å². The van der Waals surface area contributed by atoms with Crippen molar-refractivity contribution in [2.45, 2.75) is 103 Å². The molecule has 2 aliphatic heterocycles. The molecule has 2 heterocycles. The van der Waals surface area contributed by atoms with Gasteiger partial charge in [0.25, 0.3) is 0 Å². The second-order valence-electron chi connectivity index (χ2n) is 7.93. The second-order valence-corrected chi connectivity index (χ2v) is 7.93. The summed E-state index contributed by atoms with van der Waals surface area (Å²) in [5.41, 5.74) is 0. The standard InChI is InChI=1S/C21H38N2O2/c1-4-7-12-18-13-8-15-22(18)21(25)19-14-9-16-23(19)20(24)17(10-5-2)11-6-3/h17-19H,4-16H2,1-3H3. The predicted molar refractivity (Wildman–Crippen MR) is 102 cm³/mol. The lowest BCUT2D eigenvalue weighted by Gasteiger charge is -2.33. The molecule has 2 aliphatic rings. The normalized spacial score (nSPS) is 23.7. The number of rotatable bonds is 9. The number of unbranched alkanes of at least 4 members (excludes halogenated alkanes) is 1. The van der Waals surface area contributed by atoms with Crippen LogP contribution in [0.2, 0.25) is 0 Å². The third-order valence-corrected chi connectivity index (χ3v) is 6.00. The minimum Gasteiger partial charge on any atom is -0.338 e. The van der Waals surface area contributed by atoms with Gasteiger partial charge in [-0.05, 0) is 44.9 Å². The molecule has 2 fully saturated rings. The molecule has 25 heavy (non-hydrogen) atoms. The first-order valence-electron chi connectivity index (χ1n) is 10.7. The largest absolute Gasteiger partial charge is 0.338 e. The summed E-state index contributed by atoms with van der Waals surface area (Å²) in [5.74, 6) is 0.581. The topological polar surface area (TPSA) is 40.6 Å². The number of nitrogens with zero attached hydrogens (tertiary/aromatic N) is 2. The van der Waals surface area contributed by atoms with Crippen molar-refractivity contribution in [3.63, 3.8) is 0 Å². The van der Waals surface area contributed by atoms with Gasteiger partial charge in [0, 0.05) is 25.0 Å². The van der Waals surface area contributed by atoms with Crippen molar-refractivity contribution in [1.29, 1.82) is 0 Å². The quantitative estimate of drug-likeness (QED) is 0.619. The molecule has 0 aromatic rings. The lowest BCUT2D eigenvalue weighted by Crippen LogP contribution is -2.50. The van der Waals surface area contributed by atoms with Gasteiger partial charge in [-0.25, -0.2) is 0 Å². The van der Waals surface area contributed by atoms with E-state index in [0.29, 0.717) is 6.04 Å². The van der Waals surface area contributed by atoms with E-state index in [2.05, 4.69) is 25.7 Å². The fourth-order valence-corrected chi connectivity index (χ4v) is 4.67. The van der Waals surface area contributed by atoms with Crippen molar-refractivity contribution < 1.29 is 9.59 Å². The molecule has 2 saturated heterocycles. The molecule has 0 N–H and O–H groups in total. The predicted octanol–water partition coefficient (Wildman–Crippen LogP) is 4.38. The highest BCUT2D eigenvalue weighted by atomic mass is 16.2. The van der Waals surface area contributed by atoms with Gasteiger partial charge in [0.2, 0.25) is 11.8 Å². The van der Waals surface area contributed by atoms with Crippen molar-refractivity contribution in [3.05, 3.63) is 0 Å². The summed E-state index contributed by atoms with van der Waals surface area (Å²) in [5, 5.41) is 0. The average Bonchev–Trinajstić information content (AvgIpc) is 3.27. The van der Waals surface area contributed by atoms with E-state index in [1.165, 1.54) is 12.8 Å². The Morgan fingerprint density at radius 2 is 1.56 bits per heavy atom. The number of hydrogen-bond acceptors (Lipinski definition) is 2. The van der Waals surface area contributed by atoms with Crippen molar-refractivity contribution >= 4 is 11.8 Å². The summed E-state index contributed by atoms with van der Waals surface area (Å²) in [7, 11) is 0. The molecular formula is C21H38N2O2. The summed E-state index contributed by atoms with van der Waals surface area (Å²) < 4.78 is 0. The van der Waals surface area contributed by atoms with Crippen LogP contribution in [-0.4, -0.2) is 46.8 Å². The van der Waals surface area contributed by atoms with Gasteiger partial charge in [0.15, 0.2) is 0 Å². The van der Waals surface area contributed by atoms with Crippen LogP contribution < -0.4 is 0 Å². The first-order chi connectivity index (χ1) is 12.1. The van der Waals surface area contributed by atoms with Gasteiger partial charge in [-0.2, -0.15) is 0 Å². The van der Waals surface area contributed by atoms with Crippen LogP contribution in [0.3, 0.4) is 0 Å². The van der Waals surface area contributed by atoms with Gasteiger partial charge in [-0.3, -0.25) is 9.59 Å². The highest BCUT2D eigenvalue weighted by molar-refractivity contribution is 5.89. The molecule has 0 aromatic carbocycles. The maximum atomic E-state index is 13.2. The van der Waals surface area contributed by atoms with E-state index in [4.69, 9.17) is 0 Å². The summed E-state index contributed by atoms with van der Waals surface area (Å²) in [4.78, 5) is 30.3. The third-order valence-electron chi connectivity index (χ3n) is 6.00. The zero-order valence-electron chi connectivity index (χ0n) is 16.6. The van der Waals surface area contributed by atoms with Gasteiger partial charge in [-0.15, -0.1) is 0 Å². The lowest BCUT2D eigenvalue weighted by molar-refractivity contribution is -0.146. The first kappa shape index (κ1) is 20.3. The van der Waals surface area contributed by atoms with Gasteiger partial charge in [0.05, 0.1) is 0 Å². The minimum absolute atomic E-state index is 0.109. The van der Waals surface area contributed by atoms with E-state index >= 15 is 0 Å². The molecule has 2 rings (SSSR count). The molecule has 0 saturated carbocycles. The average molecular weight is 351 g/mol. The summed E-state index contributed by atoms with van der Waals surface area (Å²) in [6, 6.07) is 0.220. The zero-order valence-corrected chi connectivity index (χ0v) is 16.6. The van der Waals surface area contributed by atoms with Crippen LogP contribution in [0.5, 0.6) is 0 Å². The number of carbonyl (C=O) groups is 2. The Balaban J connectivity index is 2.03. The Labute approximate surface area is 154 Å². The molecule has 2 amide bonds. The molecule has 144 valence electrons. The molecule has 2 atom stereocenters. The van der Waals surface area contributed by atoms with Crippen LogP contribution in [0, 0.1) is 5.92 Å². The van der Waals surface area contributed by atoms with Crippen LogP contribution in [0.1, 0.15) is 91.4 Å². The van der Waals surface area contributed by atoms with E-state index < -0.39 is 0 Å². The van der Waals surface area contributed by atoms with E-state index in [1.807, 2.05) is 4.90 Å². The third kappa shape index (κ3) is 4.98. The van der Waals surface area contributed by atoms with Crippen molar-refractivity contribution in [2.75, 3.05) is 13.1 Å². The molecule has 0 aromatic heterocycles. The Hall–Kier alpha value is -1.06. The van der Waals surface area contributed by atoms with Gasteiger partial charge >= 0.3 is 0 Å². The van der Waals surface area contributed by atoms with Crippen LogP contribution in [0.4, 0.5) is 0 Å². The highest BCUT2D eigenvalue weighted by Crippen LogP contribution is 2.29. The summed E-state index contributed by atoms with van der Waals surface area (Å²) in [6.07, 6.45) is 11.6. The van der Waals surface area contributed by atoms with E-state index in [9.17, 15) is 9.59 Å². The Bertz CT molecular complexity index is 432. The molecule has 0 spiro atoms. The monoisotopic (exact) mass is 350 g/mol. The number of likely N-dealkylation sites (tertiary alicyclic amines) is 2. The van der Waals surface area contributed by atoms with E-state index in [0.717, 1.165) is 70.9 Å². The van der Waals surface area contributed by atoms with E-state index in [1.54, 1.807) is 0 Å². The van der Waals surface area contributed by atoms with Crippen LogP contribution in [-0.2, 0) is 9.59 Å². The first-order valence-corrected chi connectivity index (χ1v) is 10.7. The molecule has 0 radical (unpaired) electrons. The SMILES string of the molecule is CCCCC1CCCN1C(=O)C1CCCN1C(=O)C(CCC)CCC. The minimum atomic E-state index is -0.189. The lowest BCUT2D eigenvalue weighted by atomic mass is 9.96. The summed E-state index contributed by atoms with van der Waals surface area (Å²) in [6.45, 7) is 8.15. The van der Waals surface area contributed by atoms with Crippen molar-refractivity contribution in [2.24, 2.45) is 5.92 Å². The fourth-order valence-electron chi connectivity index (χ4n) is 4.67. The molecule has 0 aliphatic carbocycles. The number of carbonyl (C=O) groups excluding carboxylic acids is 2. The van der Waals surface area contributed by atoms with Crippen LogP contribution in [0.25, 0.3) is 0 Å². The molecule has 0 bridgehead atoms. The maximum Gasteiger partial charge on any atom is 0.245 e. The fraction of sp³-hybridized carbons (Fsp3) is 0.905. The molecular weight excluding hydrogens is 312 g/mol. The van der Waals surface area contributed by atoms with Crippen molar-refractivity contribution in [3.8, 4) is 0 Å². The second kappa shape index (κ2) is 10.2. The Morgan fingerprint density at radius 1 is 0.920 bits per heavy atom. The smallest absolute Gasteiger partial charge is 0.245 e. The molecule has 4 nitrogen and oxygen atoms in total. The maximum absolute atomic E-state index is 13.2. The Kier molecular flexibility index (Phi) is 8.25. The van der Waals surface area contributed by atoms with E-state index in [-0.39, 0.29) is 23.8 Å². The number of hydrogen-bond donors (Lipinski definition) is 0. The zero-order chi connectivity index (χ0) is 18.2. The molecule has 2 unspecified atom stereocenters. The van der Waals surface area contributed by atoms with Gasteiger partial charge < -0.3 is 9.80 Å². The Morgan fingerprint density at radius 3 is 2.20 bits per heavy atom. The number of amides is 2. The highest BCUT2D eigenvalue weighted by Gasteiger charge is 2.40. The van der Waals surface area contributed by atoms with Crippen molar-refractivity contribution in [1.82, 2.24) is 9.80 Å².